The van der Waals surface area contributed by atoms with Crippen LogP contribution in [0.15, 0.2) is 30.6 Å². The molecule has 0 bridgehead atoms. The molecule has 1 amide bonds. The molecule has 106 valence electrons. The number of methoxy groups -OCH3 is 1. The summed E-state index contributed by atoms with van der Waals surface area (Å²) in [7, 11) is 1.49. The van der Waals surface area contributed by atoms with Crippen molar-refractivity contribution in [2.75, 3.05) is 26.8 Å². The first-order valence-electron chi connectivity index (χ1n) is 6.05. The number of ether oxygens (including phenoxy) is 1. The van der Waals surface area contributed by atoms with Crippen molar-refractivity contribution >= 4 is 17.5 Å². The van der Waals surface area contributed by atoms with Gasteiger partial charge < -0.3 is 19.1 Å². The Hall–Kier alpha value is -2.41. The predicted octanol–water partition coefficient (Wildman–Crippen LogP) is 0.507. The normalized spacial score (nSPS) is 10.7. The Morgan fingerprint density at radius 1 is 1.45 bits per heavy atom. The summed E-state index contributed by atoms with van der Waals surface area (Å²) in [5.74, 6) is -1.49. The van der Waals surface area contributed by atoms with Crippen molar-refractivity contribution in [2.24, 2.45) is 0 Å². The Labute approximate surface area is 115 Å². The number of rotatable bonds is 6. The number of amides is 1. The molecule has 0 unspecified atom stereocenters. The zero-order valence-corrected chi connectivity index (χ0v) is 11.0. The van der Waals surface area contributed by atoms with Crippen LogP contribution < -0.4 is 0 Å². The Kier molecular flexibility index (Phi) is 4.31. The fraction of sp³-hybridized carbons (Fsp3) is 0.308. The minimum atomic E-state index is -1.07. The molecule has 7 heteroatoms. The lowest BCUT2D eigenvalue weighted by Crippen LogP contribution is -2.38. The quantitative estimate of drug-likeness (QED) is 0.831. The van der Waals surface area contributed by atoms with Gasteiger partial charge in [0.15, 0.2) is 0 Å². The summed E-state index contributed by atoms with van der Waals surface area (Å²) in [5.41, 5.74) is 0.853. The van der Waals surface area contributed by atoms with Crippen LogP contribution in [0.2, 0.25) is 0 Å². The molecular formula is C13H15N3O4. The first-order chi connectivity index (χ1) is 9.61. The summed E-state index contributed by atoms with van der Waals surface area (Å²) in [6.07, 6.45) is 3.36. The number of imidazole rings is 1. The number of carbonyl (C=O) groups excluding carboxylic acids is 1. The summed E-state index contributed by atoms with van der Waals surface area (Å²) in [6.45, 7) is 0.0952. The van der Waals surface area contributed by atoms with Gasteiger partial charge >= 0.3 is 5.97 Å². The van der Waals surface area contributed by atoms with E-state index in [0.717, 1.165) is 0 Å². The summed E-state index contributed by atoms with van der Waals surface area (Å²) in [6, 6.07) is 5.41. The van der Waals surface area contributed by atoms with E-state index >= 15 is 0 Å². The number of carboxylic acid groups (broad SMARTS) is 1. The van der Waals surface area contributed by atoms with Crippen molar-refractivity contribution in [3.05, 3.63) is 36.3 Å². The van der Waals surface area contributed by atoms with Gasteiger partial charge in [-0.15, -0.1) is 0 Å². The monoisotopic (exact) mass is 277 g/mol. The molecule has 2 rings (SSSR count). The highest BCUT2D eigenvalue weighted by molar-refractivity contribution is 5.94. The minimum absolute atomic E-state index is 0.204. The van der Waals surface area contributed by atoms with E-state index in [0.29, 0.717) is 5.65 Å². The molecule has 0 radical (unpaired) electrons. The van der Waals surface area contributed by atoms with Crippen molar-refractivity contribution in [3.63, 3.8) is 0 Å². The van der Waals surface area contributed by atoms with Crippen LogP contribution in [0.3, 0.4) is 0 Å². The summed E-state index contributed by atoms with van der Waals surface area (Å²) >= 11 is 0. The molecule has 20 heavy (non-hydrogen) atoms. The Morgan fingerprint density at radius 2 is 2.25 bits per heavy atom. The van der Waals surface area contributed by atoms with Gasteiger partial charge in [0.1, 0.15) is 17.9 Å². The molecule has 0 aliphatic rings. The molecule has 0 aliphatic carbocycles. The van der Waals surface area contributed by atoms with Gasteiger partial charge in [0.05, 0.1) is 6.61 Å². The molecule has 0 aromatic carbocycles. The van der Waals surface area contributed by atoms with Crippen LogP contribution in [0.25, 0.3) is 5.65 Å². The molecule has 1 N–H and O–H groups in total. The first kappa shape index (κ1) is 14.0. The second kappa shape index (κ2) is 6.16. The Morgan fingerprint density at radius 3 is 2.90 bits per heavy atom. The third kappa shape index (κ3) is 3.12. The number of carboxylic acids is 1. The number of fused-ring (bicyclic) bond motifs is 1. The van der Waals surface area contributed by atoms with Crippen molar-refractivity contribution in [1.29, 1.82) is 0 Å². The third-order valence-corrected chi connectivity index (χ3v) is 2.76. The Balaban J connectivity index is 2.22. The lowest BCUT2D eigenvalue weighted by molar-refractivity contribution is -0.137. The third-order valence-electron chi connectivity index (χ3n) is 2.76. The largest absolute Gasteiger partial charge is 0.480 e. The van der Waals surface area contributed by atoms with Crippen molar-refractivity contribution in [2.45, 2.75) is 0 Å². The number of nitrogens with zero attached hydrogens (tertiary/aromatic N) is 3. The number of hydrogen-bond donors (Lipinski definition) is 1. The average Bonchev–Trinajstić information content (AvgIpc) is 2.86. The summed E-state index contributed by atoms with van der Waals surface area (Å²) < 4.78 is 6.60. The van der Waals surface area contributed by atoms with E-state index in [1.807, 2.05) is 12.1 Å². The van der Waals surface area contributed by atoms with Crippen LogP contribution in [0.4, 0.5) is 0 Å². The van der Waals surface area contributed by atoms with E-state index in [1.165, 1.54) is 12.0 Å². The summed E-state index contributed by atoms with van der Waals surface area (Å²) in [4.78, 5) is 28.5. The van der Waals surface area contributed by atoms with Gasteiger partial charge in [0.25, 0.3) is 5.91 Å². The second-order valence-corrected chi connectivity index (χ2v) is 4.21. The van der Waals surface area contributed by atoms with Crippen LogP contribution >= 0.6 is 0 Å². The van der Waals surface area contributed by atoms with Crippen LogP contribution in [0.5, 0.6) is 0 Å². The van der Waals surface area contributed by atoms with E-state index in [4.69, 9.17) is 9.84 Å². The van der Waals surface area contributed by atoms with E-state index in [9.17, 15) is 9.59 Å². The van der Waals surface area contributed by atoms with Crippen LogP contribution in [0.1, 0.15) is 10.5 Å². The smallest absolute Gasteiger partial charge is 0.323 e. The highest BCUT2D eigenvalue weighted by atomic mass is 16.5. The second-order valence-electron chi connectivity index (χ2n) is 4.21. The molecular weight excluding hydrogens is 262 g/mol. The molecule has 0 saturated heterocycles. The predicted molar refractivity (Wildman–Crippen MR) is 70.6 cm³/mol. The molecule has 0 spiro atoms. The molecule has 0 saturated carbocycles. The van der Waals surface area contributed by atoms with Gasteiger partial charge in [-0.2, -0.15) is 0 Å². The number of carbonyl (C=O) groups is 2. The van der Waals surface area contributed by atoms with Gasteiger partial charge in [0, 0.05) is 26.0 Å². The molecule has 0 fully saturated rings. The molecule has 0 aliphatic heterocycles. The number of aromatic nitrogens is 2. The molecule has 2 aromatic heterocycles. The van der Waals surface area contributed by atoms with Gasteiger partial charge in [-0.05, 0) is 12.1 Å². The van der Waals surface area contributed by atoms with E-state index < -0.39 is 11.9 Å². The van der Waals surface area contributed by atoms with Crippen LogP contribution in [-0.2, 0) is 9.53 Å². The molecule has 2 heterocycles. The lowest BCUT2D eigenvalue weighted by Gasteiger charge is -2.18. The van der Waals surface area contributed by atoms with Crippen LogP contribution in [0, 0.1) is 0 Å². The maximum atomic E-state index is 12.3. The highest BCUT2D eigenvalue weighted by Crippen LogP contribution is 2.07. The standard InChI is InChI=1S/C13H15N3O4/c1-20-7-6-16(9-12(17)18)13(19)10-8-15-5-3-2-4-11(15)14-10/h2-5,8H,6-7,9H2,1H3,(H,17,18). The van der Waals surface area contributed by atoms with Crippen molar-refractivity contribution in [1.82, 2.24) is 14.3 Å². The Bertz CT molecular complexity index is 590. The molecule has 7 nitrogen and oxygen atoms in total. The SMILES string of the molecule is COCCN(CC(=O)O)C(=O)c1cn2ccccc2n1. The fourth-order valence-corrected chi connectivity index (χ4v) is 1.82. The maximum Gasteiger partial charge on any atom is 0.323 e. The zero-order valence-electron chi connectivity index (χ0n) is 11.0. The van der Waals surface area contributed by atoms with Gasteiger partial charge in [-0.25, -0.2) is 4.98 Å². The minimum Gasteiger partial charge on any atom is -0.480 e. The molecule has 0 atom stereocenters. The maximum absolute atomic E-state index is 12.3. The van der Waals surface area contributed by atoms with Crippen molar-refractivity contribution < 1.29 is 19.4 Å². The first-order valence-corrected chi connectivity index (χ1v) is 6.05. The van der Waals surface area contributed by atoms with Crippen molar-refractivity contribution in [3.8, 4) is 0 Å². The lowest BCUT2D eigenvalue weighted by atomic mass is 10.3. The van der Waals surface area contributed by atoms with E-state index in [2.05, 4.69) is 4.98 Å². The highest BCUT2D eigenvalue weighted by Gasteiger charge is 2.20. The fourth-order valence-electron chi connectivity index (χ4n) is 1.82. The van der Waals surface area contributed by atoms with Gasteiger partial charge in [-0.3, -0.25) is 9.59 Å². The molecule has 2 aromatic rings. The average molecular weight is 277 g/mol. The number of hydrogen-bond acceptors (Lipinski definition) is 4. The summed E-state index contributed by atoms with van der Waals surface area (Å²) in [5, 5.41) is 8.86. The number of pyridine rings is 1. The van der Waals surface area contributed by atoms with E-state index in [1.54, 1.807) is 22.9 Å². The topological polar surface area (TPSA) is 84.1 Å². The van der Waals surface area contributed by atoms with Crippen LogP contribution in [-0.4, -0.2) is 58.1 Å². The van der Waals surface area contributed by atoms with Gasteiger partial charge in [0.2, 0.25) is 0 Å². The van der Waals surface area contributed by atoms with E-state index in [-0.39, 0.29) is 25.4 Å². The van der Waals surface area contributed by atoms with Gasteiger partial charge in [-0.1, -0.05) is 6.07 Å². The zero-order chi connectivity index (χ0) is 14.5. The number of aliphatic carboxylic acids is 1.